The third kappa shape index (κ3) is 3.53. The second-order valence-corrected chi connectivity index (χ2v) is 5.23. The lowest BCUT2D eigenvalue weighted by molar-refractivity contribution is -0.140. The first kappa shape index (κ1) is 14.4. The van der Waals surface area contributed by atoms with Gasteiger partial charge < -0.3 is 10.0 Å². The fourth-order valence-electron chi connectivity index (χ4n) is 2.51. The second-order valence-electron chi connectivity index (χ2n) is 5.23. The molecule has 1 aliphatic heterocycles. The van der Waals surface area contributed by atoms with E-state index < -0.39 is 5.97 Å². The molecule has 1 aliphatic rings. The van der Waals surface area contributed by atoms with E-state index in [2.05, 4.69) is 9.97 Å². The van der Waals surface area contributed by atoms with Crippen molar-refractivity contribution in [2.24, 2.45) is 0 Å². The highest BCUT2D eigenvalue weighted by Crippen LogP contribution is 2.25. The zero-order valence-electron chi connectivity index (χ0n) is 11.8. The standard InChI is InChI=1S/C14H19N3O3/c1-9-7-10(2)16-14(15-9)11-5-6-17(8-11)12(18)3-4-13(19)20/h7,11H,3-6,8H2,1-2H3,(H,19,20)/t11-/m1/s1. The van der Waals surface area contributed by atoms with Crippen molar-refractivity contribution in [1.29, 1.82) is 0 Å². The largest absolute Gasteiger partial charge is 0.481 e. The number of aromatic nitrogens is 2. The van der Waals surface area contributed by atoms with E-state index >= 15 is 0 Å². The number of aliphatic carboxylic acids is 1. The van der Waals surface area contributed by atoms with Crippen LogP contribution in [0.1, 0.15) is 42.4 Å². The van der Waals surface area contributed by atoms with Gasteiger partial charge in [-0.1, -0.05) is 0 Å². The molecule has 1 aromatic rings. The van der Waals surface area contributed by atoms with E-state index in [4.69, 9.17) is 5.11 Å². The van der Waals surface area contributed by atoms with E-state index in [1.54, 1.807) is 4.90 Å². The van der Waals surface area contributed by atoms with Crippen LogP contribution in [-0.4, -0.2) is 44.9 Å². The smallest absolute Gasteiger partial charge is 0.303 e. The van der Waals surface area contributed by atoms with E-state index in [-0.39, 0.29) is 24.7 Å². The normalized spacial score (nSPS) is 18.3. The molecule has 2 rings (SSSR count). The minimum atomic E-state index is -0.938. The summed E-state index contributed by atoms with van der Waals surface area (Å²) in [5, 5.41) is 8.61. The molecule has 0 spiro atoms. The van der Waals surface area contributed by atoms with Crippen LogP contribution in [-0.2, 0) is 9.59 Å². The molecule has 6 nitrogen and oxygen atoms in total. The lowest BCUT2D eigenvalue weighted by Crippen LogP contribution is -2.28. The van der Waals surface area contributed by atoms with Crippen molar-refractivity contribution in [3.63, 3.8) is 0 Å². The molecular formula is C14H19N3O3. The summed E-state index contributed by atoms with van der Waals surface area (Å²) in [5.74, 6) is -0.0931. The van der Waals surface area contributed by atoms with E-state index in [0.717, 1.165) is 23.6 Å². The van der Waals surface area contributed by atoms with Crippen molar-refractivity contribution in [3.8, 4) is 0 Å². The van der Waals surface area contributed by atoms with Crippen molar-refractivity contribution in [1.82, 2.24) is 14.9 Å². The molecule has 1 N–H and O–H groups in total. The topological polar surface area (TPSA) is 83.4 Å². The molecule has 6 heteroatoms. The fourth-order valence-corrected chi connectivity index (χ4v) is 2.51. The molecule has 20 heavy (non-hydrogen) atoms. The van der Waals surface area contributed by atoms with Crippen LogP contribution in [0.4, 0.5) is 0 Å². The number of carboxylic acids is 1. The van der Waals surface area contributed by atoms with E-state index in [1.807, 2.05) is 19.9 Å². The van der Waals surface area contributed by atoms with Crippen LogP contribution in [0.2, 0.25) is 0 Å². The molecule has 1 aromatic heterocycles. The summed E-state index contributed by atoms with van der Waals surface area (Å²) >= 11 is 0. The number of amides is 1. The minimum absolute atomic E-state index is 0.0652. The highest BCUT2D eigenvalue weighted by atomic mass is 16.4. The molecule has 1 fully saturated rings. The maximum absolute atomic E-state index is 11.9. The summed E-state index contributed by atoms with van der Waals surface area (Å²) in [5.41, 5.74) is 1.87. The van der Waals surface area contributed by atoms with E-state index in [1.165, 1.54) is 0 Å². The van der Waals surface area contributed by atoms with Crippen LogP contribution in [0.15, 0.2) is 6.07 Å². The quantitative estimate of drug-likeness (QED) is 0.896. The summed E-state index contributed by atoms with van der Waals surface area (Å²) in [6.07, 6.45) is 0.789. The van der Waals surface area contributed by atoms with Crippen molar-refractivity contribution in [2.45, 2.75) is 39.0 Å². The molecule has 0 unspecified atom stereocenters. The Morgan fingerprint density at radius 2 is 1.95 bits per heavy atom. The van der Waals surface area contributed by atoms with Gasteiger partial charge in [-0.3, -0.25) is 9.59 Å². The monoisotopic (exact) mass is 277 g/mol. The molecule has 2 heterocycles. The first-order valence-corrected chi connectivity index (χ1v) is 6.77. The number of aryl methyl sites for hydroxylation is 2. The van der Waals surface area contributed by atoms with Gasteiger partial charge in [0.15, 0.2) is 0 Å². The van der Waals surface area contributed by atoms with Gasteiger partial charge in [-0.15, -0.1) is 0 Å². The average molecular weight is 277 g/mol. The predicted octanol–water partition coefficient (Wildman–Crippen LogP) is 1.27. The number of carboxylic acid groups (broad SMARTS) is 1. The molecule has 1 amide bonds. The number of nitrogens with zero attached hydrogens (tertiary/aromatic N) is 3. The third-order valence-corrected chi connectivity index (χ3v) is 3.46. The zero-order valence-corrected chi connectivity index (χ0v) is 11.8. The molecule has 1 atom stereocenters. The minimum Gasteiger partial charge on any atom is -0.481 e. The molecular weight excluding hydrogens is 258 g/mol. The van der Waals surface area contributed by atoms with E-state index in [9.17, 15) is 9.59 Å². The highest BCUT2D eigenvalue weighted by Gasteiger charge is 2.29. The van der Waals surface area contributed by atoms with Gasteiger partial charge in [0.2, 0.25) is 5.91 Å². The Morgan fingerprint density at radius 3 is 2.55 bits per heavy atom. The summed E-state index contributed by atoms with van der Waals surface area (Å²) in [6.45, 7) is 5.10. The van der Waals surface area contributed by atoms with Gasteiger partial charge in [0.1, 0.15) is 5.82 Å². The molecule has 0 bridgehead atoms. The van der Waals surface area contributed by atoms with Gasteiger partial charge in [-0.25, -0.2) is 9.97 Å². The lowest BCUT2D eigenvalue weighted by atomic mass is 10.1. The summed E-state index contributed by atoms with van der Waals surface area (Å²) < 4.78 is 0. The molecule has 1 saturated heterocycles. The van der Waals surface area contributed by atoms with Crippen LogP contribution in [0.25, 0.3) is 0 Å². The first-order chi connectivity index (χ1) is 9.45. The van der Waals surface area contributed by atoms with Crippen molar-refractivity contribution >= 4 is 11.9 Å². The summed E-state index contributed by atoms with van der Waals surface area (Å²) in [6, 6.07) is 1.92. The molecule has 0 aromatic carbocycles. The van der Waals surface area contributed by atoms with E-state index in [0.29, 0.717) is 13.1 Å². The number of hydrogen-bond acceptors (Lipinski definition) is 4. The lowest BCUT2D eigenvalue weighted by Gasteiger charge is -2.16. The summed E-state index contributed by atoms with van der Waals surface area (Å²) in [4.78, 5) is 33.0. The Morgan fingerprint density at radius 1 is 1.30 bits per heavy atom. The van der Waals surface area contributed by atoms with Gasteiger partial charge in [0.05, 0.1) is 6.42 Å². The molecule has 0 saturated carbocycles. The third-order valence-electron chi connectivity index (χ3n) is 3.46. The molecule has 0 aliphatic carbocycles. The van der Waals surface area contributed by atoms with Crippen LogP contribution in [0, 0.1) is 13.8 Å². The first-order valence-electron chi connectivity index (χ1n) is 6.77. The Balaban J connectivity index is 1.98. The Kier molecular flexibility index (Phi) is 4.32. The van der Waals surface area contributed by atoms with Crippen LogP contribution in [0.5, 0.6) is 0 Å². The maximum atomic E-state index is 11.9. The highest BCUT2D eigenvalue weighted by molar-refractivity contribution is 5.81. The molecule has 108 valence electrons. The molecule has 0 radical (unpaired) electrons. The average Bonchev–Trinajstić information content (AvgIpc) is 2.84. The zero-order chi connectivity index (χ0) is 14.7. The van der Waals surface area contributed by atoms with Gasteiger partial charge >= 0.3 is 5.97 Å². The Hall–Kier alpha value is -1.98. The van der Waals surface area contributed by atoms with Crippen LogP contribution < -0.4 is 0 Å². The predicted molar refractivity (Wildman–Crippen MR) is 72.3 cm³/mol. The van der Waals surface area contributed by atoms with Crippen molar-refractivity contribution < 1.29 is 14.7 Å². The second kappa shape index (κ2) is 5.98. The number of carbonyl (C=O) groups is 2. The SMILES string of the molecule is Cc1cc(C)nc([C@@H]2CCN(C(=O)CCC(=O)O)C2)n1. The number of likely N-dealkylation sites (tertiary alicyclic amines) is 1. The van der Waals surface area contributed by atoms with Gasteiger partial charge in [0.25, 0.3) is 0 Å². The number of hydrogen-bond donors (Lipinski definition) is 1. The fraction of sp³-hybridized carbons (Fsp3) is 0.571. The van der Waals surface area contributed by atoms with Crippen LogP contribution in [0.3, 0.4) is 0 Å². The summed E-state index contributed by atoms with van der Waals surface area (Å²) in [7, 11) is 0. The van der Waals surface area contributed by atoms with Gasteiger partial charge in [-0.2, -0.15) is 0 Å². The van der Waals surface area contributed by atoms with Crippen molar-refractivity contribution in [3.05, 3.63) is 23.3 Å². The van der Waals surface area contributed by atoms with Gasteiger partial charge in [-0.05, 0) is 26.3 Å². The van der Waals surface area contributed by atoms with Crippen molar-refractivity contribution in [2.75, 3.05) is 13.1 Å². The Labute approximate surface area is 117 Å². The van der Waals surface area contributed by atoms with Gasteiger partial charge in [0, 0.05) is 36.8 Å². The number of carbonyl (C=O) groups excluding carboxylic acids is 1. The Bertz CT molecular complexity index is 510. The maximum Gasteiger partial charge on any atom is 0.303 e. The van der Waals surface area contributed by atoms with Crippen LogP contribution >= 0.6 is 0 Å². The number of rotatable bonds is 4.